The second-order valence-electron chi connectivity index (χ2n) is 12.2. The van der Waals surface area contributed by atoms with Crippen LogP contribution in [0.25, 0.3) is 10.9 Å². The van der Waals surface area contributed by atoms with Crippen LogP contribution in [0.5, 0.6) is 0 Å². The quantitative estimate of drug-likeness (QED) is 0.525. The lowest BCUT2D eigenvalue weighted by Gasteiger charge is -2.33. The van der Waals surface area contributed by atoms with E-state index in [9.17, 15) is 14.7 Å². The Morgan fingerprint density at radius 1 is 1.14 bits per heavy atom. The number of hydrogen-bond acceptors (Lipinski definition) is 4. The zero-order valence-corrected chi connectivity index (χ0v) is 23.4. The van der Waals surface area contributed by atoms with Gasteiger partial charge in [0.2, 0.25) is 5.91 Å². The van der Waals surface area contributed by atoms with E-state index in [1.54, 1.807) is 13.8 Å². The molecule has 1 fully saturated rings. The molecule has 1 aromatic heterocycles. The highest BCUT2D eigenvalue weighted by atomic mass is 16.4. The summed E-state index contributed by atoms with van der Waals surface area (Å²) in [5.74, 6) is -1.07. The van der Waals surface area contributed by atoms with Crippen molar-refractivity contribution in [2.75, 3.05) is 26.7 Å². The van der Waals surface area contributed by atoms with E-state index in [2.05, 4.69) is 62.0 Å². The van der Waals surface area contributed by atoms with Crippen LogP contribution in [0.3, 0.4) is 0 Å². The topological polar surface area (TPSA) is 78.7 Å². The van der Waals surface area contributed by atoms with Crippen molar-refractivity contribution in [3.8, 4) is 0 Å². The second kappa shape index (κ2) is 9.60. The van der Waals surface area contributed by atoms with Crippen molar-refractivity contribution in [1.29, 1.82) is 0 Å². The highest BCUT2D eigenvalue weighted by molar-refractivity contribution is 5.85. The molecule has 2 heterocycles. The fraction of sp³-hybridized carbons (Fsp3) is 0.500. The van der Waals surface area contributed by atoms with Crippen LogP contribution in [0.1, 0.15) is 61.4 Å². The van der Waals surface area contributed by atoms with E-state index in [-0.39, 0.29) is 17.2 Å². The van der Waals surface area contributed by atoms with Gasteiger partial charge in [-0.05, 0) is 67.0 Å². The normalized spacial score (nSPS) is 17.7. The highest BCUT2D eigenvalue weighted by Crippen LogP contribution is 2.44. The van der Waals surface area contributed by atoms with Gasteiger partial charge in [-0.15, -0.1) is 0 Å². The van der Waals surface area contributed by atoms with Crippen molar-refractivity contribution in [2.45, 2.75) is 54.0 Å². The SMILES string of the molecule is Cc1ccc(C(c2ccc3c(cnn3C)c2C)C(C)(C)C(=O)O)cc1CN1CC(=O)N(C)CC(C)(C)C1. The Kier molecular flexibility index (Phi) is 6.97. The van der Waals surface area contributed by atoms with Crippen molar-refractivity contribution in [2.24, 2.45) is 17.9 Å². The van der Waals surface area contributed by atoms with E-state index in [1.807, 2.05) is 35.9 Å². The number of amides is 1. The fourth-order valence-corrected chi connectivity index (χ4v) is 5.95. The largest absolute Gasteiger partial charge is 0.481 e. The van der Waals surface area contributed by atoms with Crippen LogP contribution in [0, 0.1) is 24.7 Å². The first-order chi connectivity index (χ1) is 17.2. The number of likely N-dealkylation sites (N-methyl/N-ethyl adjacent to an activating group) is 1. The van der Waals surface area contributed by atoms with E-state index in [0.29, 0.717) is 13.1 Å². The Bertz CT molecular complexity index is 1350. The van der Waals surface area contributed by atoms with Crippen molar-refractivity contribution < 1.29 is 14.7 Å². The Balaban J connectivity index is 1.79. The minimum Gasteiger partial charge on any atom is -0.481 e. The van der Waals surface area contributed by atoms with Crippen LogP contribution in [0.4, 0.5) is 0 Å². The van der Waals surface area contributed by atoms with Crippen molar-refractivity contribution in [3.63, 3.8) is 0 Å². The van der Waals surface area contributed by atoms with Crippen LogP contribution >= 0.6 is 0 Å². The number of fused-ring (bicyclic) bond motifs is 1. The maximum absolute atomic E-state index is 12.7. The van der Waals surface area contributed by atoms with E-state index in [1.165, 1.54) is 0 Å². The molecule has 1 N–H and O–H groups in total. The average Bonchev–Trinajstić information content (AvgIpc) is 3.13. The number of aryl methyl sites for hydroxylation is 3. The lowest BCUT2D eigenvalue weighted by Crippen LogP contribution is -2.35. The molecule has 4 rings (SSSR count). The van der Waals surface area contributed by atoms with Gasteiger partial charge in [-0.25, -0.2) is 0 Å². The van der Waals surface area contributed by atoms with E-state index < -0.39 is 11.4 Å². The van der Waals surface area contributed by atoms with Crippen LogP contribution in [0.2, 0.25) is 0 Å². The maximum Gasteiger partial charge on any atom is 0.310 e. The van der Waals surface area contributed by atoms with E-state index in [0.717, 1.165) is 51.8 Å². The van der Waals surface area contributed by atoms with Crippen LogP contribution in [0.15, 0.2) is 36.5 Å². The Morgan fingerprint density at radius 3 is 2.51 bits per heavy atom. The molecule has 1 aliphatic rings. The number of carbonyl (C=O) groups excluding carboxylic acids is 1. The number of aromatic nitrogens is 2. The maximum atomic E-state index is 12.7. The van der Waals surface area contributed by atoms with E-state index in [4.69, 9.17) is 0 Å². The van der Waals surface area contributed by atoms with Gasteiger partial charge in [-0.3, -0.25) is 19.2 Å². The van der Waals surface area contributed by atoms with Gasteiger partial charge in [-0.2, -0.15) is 5.10 Å². The molecule has 1 aliphatic heterocycles. The predicted octanol–water partition coefficient (Wildman–Crippen LogP) is 4.73. The minimum atomic E-state index is -1.05. The lowest BCUT2D eigenvalue weighted by atomic mass is 9.69. The molecule has 0 bridgehead atoms. The lowest BCUT2D eigenvalue weighted by molar-refractivity contribution is -0.147. The van der Waals surface area contributed by atoms with Gasteiger partial charge >= 0.3 is 5.97 Å². The molecule has 37 heavy (non-hydrogen) atoms. The molecule has 7 heteroatoms. The van der Waals surface area contributed by atoms with Crippen molar-refractivity contribution in [3.05, 3.63) is 64.3 Å². The van der Waals surface area contributed by atoms with Gasteiger partial charge in [0.1, 0.15) is 0 Å². The molecule has 1 saturated heterocycles. The highest BCUT2D eigenvalue weighted by Gasteiger charge is 2.40. The summed E-state index contributed by atoms with van der Waals surface area (Å²) in [7, 11) is 3.79. The molecule has 1 amide bonds. The second-order valence-corrected chi connectivity index (χ2v) is 12.2. The third-order valence-electron chi connectivity index (χ3n) is 8.03. The third kappa shape index (κ3) is 5.14. The standard InChI is InChI=1S/C30H40N4O3/c1-19-9-10-21(13-22(19)15-34-16-26(35)32(7)17-29(3,4)18-34)27(30(5,6)28(36)37)23-11-12-25-24(20(23)2)14-31-33(25)8/h9-14,27H,15-18H2,1-8H3,(H,36,37). The molecular weight excluding hydrogens is 464 g/mol. The molecule has 1 atom stereocenters. The third-order valence-corrected chi connectivity index (χ3v) is 8.03. The van der Waals surface area contributed by atoms with Gasteiger partial charge in [0, 0.05) is 45.0 Å². The Hall–Kier alpha value is -3.19. The molecule has 0 radical (unpaired) electrons. The van der Waals surface area contributed by atoms with Gasteiger partial charge in [0.25, 0.3) is 0 Å². The summed E-state index contributed by atoms with van der Waals surface area (Å²) in [4.78, 5) is 29.3. The van der Waals surface area contributed by atoms with Crippen molar-refractivity contribution in [1.82, 2.24) is 19.6 Å². The molecule has 0 aliphatic carbocycles. The summed E-state index contributed by atoms with van der Waals surface area (Å²) < 4.78 is 1.84. The Labute approximate surface area is 220 Å². The van der Waals surface area contributed by atoms with Gasteiger partial charge in [0.15, 0.2) is 0 Å². The van der Waals surface area contributed by atoms with Crippen LogP contribution < -0.4 is 0 Å². The number of carboxylic acids is 1. The number of rotatable bonds is 6. The molecule has 1 unspecified atom stereocenters. The summed E-state index contributed by atoms with van der Waals surface area (Å²) in [5, 5.41) is 15.8. The number of aliphatic carboxylic acids is 1. The fourth-order valence-electron chi connectivity index (χ4n) is 5.95. The molecule has 198 valence electrons. The summed E-state index contributed by atoms with van der Waals surface area (Å²) in [6, 6.07) is 10.4. The summed E-state index contributed by atoms with van der Waals surface area (Å²) in [6.45, 7) is 14.7. The first-order valence-corrected chi connectivity index (χ1v) is 12.9. The first-order valence-electron chi connectivity index (χ1n) is 12.9. The van der Waals surface area contributed by atoms with Crippen LogP contribution in [-0.4, -0.2) is 63.2 Å². The average molecular weight is 505 g/mol. The number of carboxylic acid groups (broad SMARTS) is 1. The zero-order valence-electron chi connectivity index (χ0n) is 23.4. The number of hydrogen-bond donors (Lipinski definition) is 1. The number of carbonyl (C=O) groups is 2. The molecule has 3 aromatic rings. The Morgan fingerprint density at radius 2 is 1.84 bits per heavy atom. The van der Waals surface area contributed by atoms with Gasteiger partial charge in [0.05, 0.1) is 23.7 Å². The zero-order chi connectivity index (χ0) is 27.3. The molecule has 2 aromatic carbocycles. The minimum absolute atomic E-state index is 0.0174. The first kappa shape index (κ1) is 26.9. The van der Waals surface area contributed by atoms with Gasteiger partial charge in [-0.1, -0.05) is 38.1 Å². The van der Waals surface area contributed by atoms with Gasteiger partial charge < -0.3 is 10.0 Å². The number of benzene rings is 2. The van der Waals surface area contributed by atoms with Crippen molar-refractivity contribution >= 4 is 22.8 Å². The molecular formula is C30H40N4O3. The molecule has 0 spiro atoms. The monoisotopic (exact) mass is 504 g/mol. The number of nitrogens with zero attached hydrogens (tertiary/aromatic N) is 4. The molecule has 0 saturated carbocycles. The summed E-state index contributed by atoms with van der Waals surface area (Å²) in [5.41, 5.74) is 5.24. The summed E-state index contributed by atoms with van der Waals surface area (Å²) >= 11 is 0. The molecule has 7 nitrogen and oxygen atoms in total. The smallest absolute Gasteiger partial charge is 0.310 e. The van der Waals surface area contributed by atoms with E-state index >= 15 is 0 Å². The summed E-state index contributed by atoms with van der Waals surface area (Å²) in [6.07, 6.45) is 1.86. The van der Waals surface area contributed by atoms with Crippen LogP contribution in [-0.2, 0) is 23.2 Å². The predicted molar refractivity (Wildman–Crippen MR) is 147 cm³/mol.